The summed E-state index contributed by atoms with van der Waals surface area (Å²) in [5.74, 6) is 0. The van der Waals surface area contributed by atoms with Crippen molar-refractivity contribution in [3.8, 4) is 0 Å². The normalized spacial score (nSPS) is 12.5. The Kier molecular flexibility index (Phi) is 3.96. The minimum atomic E-state index is -0.680. The molecule has 18 heavy (non-hydrogen) atoms. The topological polar surface area (TPSA) is 20.2 Å². The van der Waals surface area contributed by atoms with Gasteiger partial charge in [0.2, 0.25) is 0 Å². The van der Waals surface area contributed by atoms with Gasteiger partial charge in [0.15, 0.2) is 0 Å². The van der Waals surface area contributed by atoms with Crippen LogP contribution in [-0.4, -0.2) is 5.11 Å². The zero-order chi connectivity index (χ0) is 13.3. The Morgan fingerprint density at radius 2 is 1.67 bits per heavy atom. The van der Waals surface area contributed by atoms with Gasteiger partial charge in [0.25, 0.3) is 0 Å². The summed E-state index contributed by atoms with van der Waals surface area (Å²) in [7, 11) is 0. The summed E-state index contributed by atoms with van der Waals surface area (Å²) in [5.41, 5.74) is 3.88. The van der Waals surface area contributed by atoms with Crippen LogP contribution in [0.5, 0.6) is 0 Å². The fourth-order valence-electron chi connectivity index (χ4n) is 1.99. The van der Waals surface area contributed by atoms with E-state index in [1.165, 1.54) is 5.56 Å². The lowest BCUT2D eigenvalue weighted by molar-refractivity contribution is 0.219. The predicted octanol–water partition coefficient (Wildman–Crippen LogP) is 4.69. The van der Waals surface area contributed by atoms with Crippen LogP contribution in [0.2, 0.25) is 10.0 Å². The Bertz CT molecular complexity index is 579. The lowest BCUT2D eigenvalue weighted by atomic mass is 9.96. The van der Waals surface area contributed by atoms with E-state index in [4.69, 9.17) is 23.2 Å². The molecule has 1 unspecified atom stereocenters. The van der Waals surface area contributed by atoms with Gasteiger partial charge >= 0.3 is 0 Å². The Morgan fingerprint density at radius 1 is 0.944 bits per heavy atom. The first-order valence-electron chi connectivity index (χ1n) is 5.69. The lowest BCUT2D eigenvalue weighted by Gasteiger charge is -2.15. The van der Waals surface area contributed by atoms with Gasteiger partial charge in [0.05, 0.1) is 10.0 Å². The van der Waals surface area contributed by atoms with Crippen molar-refractivity contribution in [3.63, 3.8) is 0 Å². The minimum absolute atomic E-state index is 0.456. The quantitative estimate of drug-likeness (QED) is 0.846. The summed E-state index contributed by atoms with van der Waals surface area (Å²) >= 11 is 11.8. The van der Waals surface area contributed by atoms with Crippen LogP contribution < -0.4 is 0 Å². The average molecular weight is 281 g/mol. The number of aryl methyl sites for hydroxylation is 2. The van der Waals surface area contributed by atoms with Crippen molar-refractivity contribution in [2.75, 3.05) is 0 Å². The van der Waals surface area contributed by atoms with Gasteiger partial charge in [-0.3, -0.25) is 0 Å². The number of halogens is 2. The van der Waals surface area contributed by atoms with Crippen molar-refractivity contribution in [1.82, 2.24) is 0 Å². The summed E-state index contributed by atoms with van der Waals surface area (Å²) in [6.45, 7) is 4.02. The average Bonchev–Trinajstić information content (AvgIpc) is 2.32. The Balaban J connectivity index is 2.41. The molecule has 1 nitrogen and oxygen atoms in total. The van der Waals surface area contributed by atoms with Crippen LogP contribution in [0.3, 0.4) is 0 Å². The molecule has 0 amide bonds. The molecule has 0 aliphatic rings. The third-order valence-electron chi connectivity index (χ3n) is 2.98. The molecule has 2 aromatic rings. The highest BCUT2D eigenvalue weighted by atomic mass is 35.5. The molecule has 0 radical (unpaired) electrons. The maximum Gasteiger partial charge on any atom is 0.104 e. The Hall–Kier alpha value is -1.02. The van der Waals surface area contributed by atoms with Gasteiger partial charge < -0.3 is 5.11 Å². The maximum atomic E-state index is 10.4. The van der Waals surface area contributed by atoms with E-state index in [9.17, 15) is 5.11 Å². The van der Waals surface area contributed by atoms with Crippen LogP contribution in [0.15, 0.2) is 36.4 Å². The number of aliphatic hydroxyl groups excluding tert-OH is 1. The van der Waals surface area contributed by atoms with Crippen LogP contribution >= 0.6 is 23.2 Å². The first-order chi connectivity index (χ1) is 8.49. The zero-order valence-corrected chi connectivity index (χ0v) is 11.8. The summed E-state index contributed by atoms with van der Waals surface area (Å²) < 4.78 is 0. The van der Waals surface area contributed by atoms with Crippen molar-refractivity contribution in [2.24, 2.45) is 0 Å². The highest BCUT2D eigenvalue weighted by molar-refractivity contribution is 6.42. The third kappa shape index (κ3) is 2.69. The molecule has 0 aliphatic heterocycles. The lowest BCUT2D eigenvalue weighted by Crippen LogP contribution is -2.02. The van der Waals surface area contributed by atoms with Crippen LogP contribution in [0.25, 0.3) is 0 Å². The second-order valence-electron chi connectivity index (χ2n) is 4.44. The summed E-state index contributed by atoms with van der Waals surface area (Å²) in [6, 6.07) is 11.2. The molecule has 0 aliphatic carbocycles. The fourth-order valence-corrected chi connectivity index (χ4v) is 2.30. The van der Waals surface area contributed by atoms with E-state index >= 15 is 0 Å². The SMILES string of the molecule is Cc1ccc(C(O)c2ccc(Cl)c(Cl)c2)c(C)c1. The molecular formula is C15H14Cl2O. The molecule has 0 aromatic heterocycles. The summed E-state index contributed by atoms with van der Waals surface area (Å²) in [4.78, 5) is 0. The zero-order valence-electron chi connectivity index (χ0n) is 10.2. The highest BCUT2D eigenvalue weighted by Gasteiger charge is 2.14. The molecule has 0 spiro atoms. The first-order valence-corrected chi connectivity index (χ1v) is 6.45. The van der Waals surface area contributed by atoms with Crippen molar-refractivity contribution in [1.29, 1.82) is 0 Å². The molecule has 0 saturated carbocycles. The molecule has 1 atom stereocenters. The van der Waals surface area contributed by atoms with Crippen molar-refractivity contribution in [3.05, 3.63) is 68.7 Å². The van der Waals surface area contributed by atoms with Crippen molar-refractivity contribution >= 4 is 23.2 Å². The number of hydrogen-bond donors (Lipinski definition) is 1. The van der Waals surface area contributed by atoms with E-state index in [0.717, 1.165) is 16.7 Å². The minimum Gasteiger partial charge on any atom is -0.384 e. The molecule has 0 fully saturated rings. The van der Waals surface area contributed by atoms with Crippen LogP contribution in [0, 0.1) is 13.8 Å². The summed E-state index contributed by atoms with van der Waals surface area (Å²) in [6.07, 6.45) is -0.680. The number of benzene rings is 2. The third-order valence-corrected chi connectivity index (χ3v) is 3.72. The number of hydrogen-bond acceptors (Lipinski definition) is 1. The molecule has 2 aromatic carbocycles. The molecule has 1 N–H and O–H groups in total. The smallest absolute Gasteiger partial charge is 0.104 e. The van der Waals surface area contributed by atoms with Gasteiger partial charge in [-0.25, -0.2) is 0 Å². The van der Waals surface area contributed by atoms with Crippen LogP contribution in [-0.2, 0) is 0 Å². The van der Waals surface area contributed by atoms with E-state index in [1.54, 1.807) is 18.2 Å². The van der Waals surface area contributed by atoms with Gasteiger partial charge in [-0.1, -0.05) is 53.0 Å². The van der Waals surface area contributed by atoms with Crippen molar-refractivity contribution < 1.29 is 5.11 Å². The molecule has 3 heteroatoms. The standard InChI is InChI=1S/C15H14Cl2O/c1-9-3-5-12(10(2)7-9)15(18)11-4-6-13(16)14(17)8-11/h3-8,15,18H,1-2H3. The molecule has 94 valence electrons. The predicted molar refractivity (Wildman–Crippen MR) is 76.4 cm³/mol. The van der Waals surface area contributed by atoms with E-state index < -0.39 is 6.10 Å². The van der Waals surface area contributed by atoms with E-state index in [0.29, 0.717) is 10.0 Å². The summed E-state index contributed by atoms with van der Waals surface area (Å²) in [5, 5.41) is 11.3. The van der Waals surface area contributed by atoms with Gasteiger partial charge in [-0.15, -0.1) is 0 Å². The first kappa shape index (κ1) is 13.4. The highest BCUT2D eigenvalue weighted by Crippen LogP contribution is 2.30. The van der Waals surface area contributed by atoms with E-state index in [-0.39, 0.29) is 0 Å². The fraction of sp³-hybridized carbons (Fsp3) is 0.200. The number of rotatable bonds is 2. The Labute approximate surface area is 117 Å². The molecule has 0 heterocycles. The largest absolute Gasteiger partial charge is 0.384 e. The molecule has 0 saturated heterocycles. The van der Waals surface area contributed by atoms with Gasteiger partial charge in [0, 0.05) is 0 Å². The second-order valence-corrected chi connectivity index (χ2v) is 5.25. The van der Waals surface area contributed by atoms with E-state index in [2.05, 4.69) is 6.07 Å². The number of aliphatic hydroxyl groups is 1. The molecular weight excluding hydrogens is 267 g/mol. The molecule has 2 rings (SSSR count). The van der Waals surface area contributed by atoms with Crippen molar-refractivity contribution in [2.45, 2.75) is 20.0 Å². The van der Waals surface area contributed by atoms with Gasteiger partial charge in [-0.2, -0.15) is 0 Å². The van der Waals surface area contributed by atoms with Gasteiger partial charge in [-0.05, 0) is 42.7 Å². The monoisotopic (exact) mass is 280 g/mol. The second kappa shape index (κ2) is 5.31. The van der Waals surface area contributed by atoms with Crippen LogP contribution in [0.1, 0.15) is 28.4 Å². The molecule has 0 bridgehead atoms. The van der Waals surface area contributed by atoms with Crippen LogP contribution in [0.4, 0.5) is 0 Å². The maximum absolute atomic E-state index is 10.4. The van der Waals surface area contributed by atoms with Gasteiger partial charge in [0.1, 0.15) is 6.10 Å². The van der Waals surface area contributed by atoms with E-state index in [1.807, 2.05) is 26.0 Å². The Morgan fingerprint density at radius 3 is 2.28 bits per heavy atom.